The predicted octanol–water partition coefficient (Wildman–Crippen LogP) is 3.53. The van der Waals surface area contributed by atoms with Gasteiger partial charge in [0.15, 0.2) is 0 Å². The molecule has 98 valence electrons. The quantitative estimate of drug-likeness (QED) is 0.854. The zero-order chi connectivity index (χ0) is 13.3. The van der Waals surface area contributed by atoms with E-state index in [0.29, 0.717) is 13.0 Å². The van der Waals surface area contributed by atoms with E-state index in [1.54, 1.807) is 0 Å². The van der Waals surface area contributed by atoms with Crippen LogP contribution < -0.4 is 4.74 Å². The zero-order valence-corrected chi connectivity index (χ0v) is 10.8. The van der Waals surface area contributed by atoms with Gasteiger partial charge in [-0.2, -0.15) is 0 Å². The third-order valence-corrected chi connectivity index (χ3v) is 2.70. The van der Waals surface area contributed by atoms with Crippen molar-refractivity contribution in [2.75, 3.05) is 6.61 Å². The maximum atomic E-state index is 9.81. The minimum atomic E-state index is -0.486. The third-order valence-electron chi connectivity index (χ3n) is 2.70. The lowest BCUT2D eigenvalue weighted by Gasteiger charge is -2.10. The predicted molar refractivity (Wildman–Crippen MR) is 78.0 cm³/mol. The highest BCUT2D eigenvalue weighted by molar-refractivity contribution is 5.48. The Hall–Kier alpha value is -2.06. The van der Waals surface area contributed by atoms with Crippen molar-refractivity contribution < 1.29 is 9.84 Å². The van der Waals surface area contributed by atoms with E-state index in [0.717, 1.165) is 11.3 Å². The molecule has 0 heterocycles. The number of rotatable bonds is 6. The second kappa shape index (κ2) is 7.39. The van der Waals surface area contributed by atoms with Crippen LogP contribution >= 0.6 is 0 Å². The summed E-state index contributed by atoms with van der Waals surface area (Å²) >= 11 is 0. The summed E-state index contributed by atoms with van der Waals surface area (Å²) in [6.07, 6.45) is 4.07. The zero-order valence-electron chi connectivity index (χ0n) is 10.8. The highest BCUT2D eigenvalue weighted by Gasteiger charge is 2.02. The first-order chi connectivity index (χ1) is 9.34. The van der Waals surface area contributed by atoms with Crippen LogP contribution in [0, 0.1) is 0 Å². The molecule has 2 aromatic carbocycles. The molecule has 0 aliphatic carbocycles. The molecule has 1 N–H and O–H groups in total. The molecule has 19 heavy (non-hydrogen) atoms. The van der Waals surface area contributed by atoms with Crippen LogP contribution in [0.15, 0.2) is 66.7 Å². The Morgan fingerprint density at radius 3 is 2.26 bits per heavy atom. The summed E-state index contributed by atoms with van der Waals surface area (Å²) in [4.78, 5) is 0. The van der Waals surface area contributed by atoms with Crippen LogP contribution in [0.1, 0.15) is 12.0 Å². The van der Waals surface area contributed by atoms with Gasteiger partial charge in [0.05, 0.1) is 6.10 Å². The van der Waals surface area contributed by atoms with Crippen molar-refractivity contribution in [1.29, 1.82) is 0 Å². The lowest BCUT2D eigenvalue weighted by atomic mass is 10.2. The topological polar surface area (TPSA) is 29.5 Å². The van der Waals surface area contributed by atoms with E-state index >= 15 is 0 Å². The standard InChI is InChI=1S/C17H18O2/c18-16(14-19-17-12-5-2-6-13-17)11-7-10-15-8-3-1-4-9-15/h1-10,12-13,16,18H,11,14H2. The third kappa shape index (κ3) is 4.98. The van der Waals surface area contributed by atoms with Gasteiger partial charge < -0.3 is 9.84 Å². The number of hydrogen-bond acceptors (Lipinski definition) is 2. The number of ether oxygens (including phenoxy) is 1. The van der Waals surface area contributed by atoms with Gasteiger partial charge in [-0.3, -0.25) is 0 Å². The van der Waals surface area contributed by atoms with E-state index in [4.69, 9.17) is 4.74 Å². The first-order valence-electron chi connectivity index (χ1n) is 6.42. The first-order valence-corrected chi connectivity index (χ1v) is 6.42. The maximum absolute atomic E-state index is 9.81. The Balaban J connectivity index is 1.73. The number of aliphatic hydroxyl groups is 1. The van der Waals surface area contributed by atoms with Crippen LogP contribution in [0.2, 0.25) is 0 Å². The Morgan fingerprint density at radius 2 is 1.58 bits per heavy atom. The molecule has 0 aliphatic rings. The van der Waals surface area contributed by atoms with Gasteiger partial charge in [-0.15, -0.1) is 0 Å². The van der Waals surface area contributed by atoms with Gasteiger partial charge >= 0.3 is 0 Å². The number of benzene rings is 2. The van der Waals surface area contributed by atoms with E-state index in [-0.39, 0.29) is 0 Å². The van der Waals surface area contributed by atoms with Crippen molar-refractivity contribution >= 4 is 6.08 Å². The van der Waals surface area contributed by atoms with E-state index in [9.17, 15) is 5.11 Å². The van der Waals surface area contributed by atoms with Crippen molar-refractivity contribution in [2.45, 2.75) is 12.5 Å². The van der Waals surface area contributed by atoms with Crippen molar-refractivity contribution in [2.24, 2.45) is 0 Å². The smallest absolute Gasteiger partial charge is 0.119 e. The molecule has 0 aromatic heterocycles. The highest BCUT2D eigenvalue weighted by Crippen LogP contribution is 2.09. The van der Waals surface area contributed by atoms with E-state index in [1.165, 1.54) is 0 Å². The summed E-state index contributed by atoms with van der Waals surface area (Å²) in [7, 11) is 0. The Morgan fingerprint density at radius 1 is 0.947 bits per heavy atom. The molecule has 0 fully saturated rings. The highest BCUT2D eigenvalue weighted by atomic mass is 16.5. The number of hydrogen-bond donors (Lipinski definition) is 1. The van der Waals surface area contributed by atoms with E-state index in [2.05, 4.69) is 0 Å². The minimum absolute atomic E-state index is 0.309. The van der Waals surface area contributed by atoms with Gasteiger partial charge in [-0.1, -0.05) is 60.7 Å². The summed E-state index contributed by atoms with van der Waals surface area (Å²) < 4.78 is 5.49. The van der Waals surface area contributed by atoms with Crippen molar-refractivity contribution in [3.8, 4) is 5.75 Å². The summed E-state index contributed by atoms with van der Waals surface area (Å²) in [6, 6.07) is 19.6. The fourth-order valence-electron chi connectivity index (χ4n) is 1.70. The van der Waals surface area contributed by atoms with Crippen molar-refractivity contribution in [1.82, 2.24) is 0 Å². The molecule has 0 aliphatic heterocycles. The van der Waals surface area contributed by atoms with Gasteiger partial charge in [0.25, 0.3) is 0 Å². The Bertz CT molecular complexity index is 491. The molecule has 0 bridgehead atoms. The first kappa shape index (κ1) is 13.4. The van der Waals surface area contributed by atoms with E-state index < -0.39 is 6.10 Å². The summed E-state index contributed by atoms with van der Waals surface area (Å²) in [5.41, 5.74) is 1.14. The second-order valence-electron chi connectivity index (χ2n) is 4.33. The van der Waals surface area contributed by atoms with Crippen LogP contribution in [0.3, 0.4) is 0 Å². The van der Waals surface area contributed by atoms with Gasteiger partial charge in [0.1, 0.15) is 12.4 Å². The van der Waals surface area contributed by atoms with Crippen LogP contribution in [0.4, 0.5) is 0 Å². The molecular weight excluding hydrogens is 236 g/mol. The Labute approximate surface area is 114 Å². The molecule has 2 heteroatoms. The van der Waals surface area contributed by atoms with Gasteiger partial charge in [0, 0.05) is 0 Å². The van der Waals surface area contributed by atoms with E-state index in [1.807, 2.05) is 72.8 Å². The van der Waals surface area contributed by atoms with Crippen molar-refractivity contribution in [3.63, 3.8) is 0 Å². The average molecular weight is 254 g/mol. The minimum Gasteiger partial charge on any atom is -0.491 e. The number of para-hydroxylation sites is 1. The van der Waals surface area contributed by atoms with Crippen LogP contribution in [0.25, 0.3) is 6.08 Å². The second-order valence-corrected chi connectivity index (χ2v) is 4.33. The molecule has 2 aromatic rings. The molecule has 0 radical (unpaired) electrons. The molecule has 2 nitrogen and oxygen atoms in total. The van der Waals surface area contributed by atoms with Crippen molar-refractivity contribution in [3.05, 3.63) is 72.3 Å². The fraction of sp³-hybridized carbons (Fsp3) is 0.176. The molecular formula is C17H18O2. The van der Waals surface area contributed by atoms with Crippen LogP contribution in [-0.4, -0.2) is 17.8 Å². The van der Waals surface area contributed by atoms with Crippen LogP contribution in [-0.2, 0) is 0 Å². The van der Waals surface area contributed by atoms with Gasteiger partial charge in [-0.05, 0) is 24.1 Å². The van der Waals surface area contributed by atoms with Gasteiger partial charge in [0.2, 0.25) is 0 Å². The lowest BCUT2D eigenvalue weighted by Crippen LogP contribution is -2.16. The molecule has 0 saturated carbocycles. The molecule has 0 amide bonds. The summed E-state index contributed by atoms with van der Waals surface area (Å²) in [5.74, 6) is 0.786. The van der Waals surface area contributed by atoms with Crippen LogP contribution in [0.5, 0.6) is 5.75 Å². The maximum Gasteiger partial charge on any atom is 0.119 e. The molecule has 2 rings (SSSR count). The average Bonchev–Trinajstić information content (AvgIpc) is 2.47. The summed E-state index contributed by atoms with van der Waals surface area (Å²) in [6.45, 7) is 0.309. The molecule has 1 unspecified atom stereocenters. The largest absolute Gasteiger partial charge is 0.491 e. The monoisotopic (exact) mass is 254 g/mol. The number of aliphatic hydroxyl groups excluding tert-OH is 1. The summed E-state index contributed by atoms with van der Waals surface area (Å²) in [5, 5.41) is 9.81. The lowest BCUT2D eigenvalue weighted by molar-refractivity contribution is 0.110. The fourth-order valence-corrected chi connectivity index (χ4v) is 1.70. The molecule has 0 saturated heterocycles. The molecule has 1 atom stereocenters. The van der Waals surface area contributed by atoms with Gasteiger partial charge in [-0.25, -0.2) is 0 Å². The SMILES string of the molecule is OC(CC=Cc1ccccc1)COc1ccccc1. The molecule has 0 spiro atoms. The Kier molecular flexibility index (Phi) is 5.20. The normalized spacial score (nSPS) is 12.5.